The predicted octanol–water partition coefficient (Wildman–Crippen LogP) is 5.53. The Hall–Kier alpha value is -3.77. The van der Waals surface area contributed by atoms with Gasteiger partial charge >= 0.3 is 5.97 Å². The second-order valence-corrected chi connectivity index (χ2v) is 10.0. The number of ether oxygens (including phenoxy) is 1. The lowest BCUT2D eigenvalue weighted by Gasteiger charge is -2.44. The molecule has 6 nitrogen and oxygen atoms in total. The topological polar surface area (TPSA) is 64.4 Å². The van der Waals surface area contributed by atoms with Crippen LogP contribution >= 0.6 is 0 Å². The largest absolute Gasteiger partial charge is 0.461 e. The molecule has 0 saturated carbocycles. The number of fused-ring (bicyclic) bond motifs is 3. The van der Waals surface area contributed by atoms with Crippen molar-refractivity contribution in [3.8, 4) is 0 Å². The first-order chi connectivity index (χ1) is 18.2. The maximum atomic E-state index is 13.7. The lowest BCUT2D eigenvalue weighted by molar-refractivity contribution is 0.0514. The molecule has 6 rings (SSSR count). The van der Waals surface area contributed by atoms with Crippen LogP contribution in [0.15, 0.2) is 89.7 Å². The molecule has 2 bridgehead atoms. The zero-order chi connectivity index (χ0) is 25.4. The van der Waals surface area contributed by atoms with E-state index in [9.17, 15) is 9.59 Å². The number of hydrogen-bond acceptors (Lipinski definition) is 5. The lowest BCUT2D eigenvalue weighted by Crippen LogP contribution is -2.47. The molecule has 2 fully saturated rings. The summed E-state index contributed by atoms with van der Waals surface area (Å²) in [6.07, 6.45) is 3.89. The standard InChI is InChI=1S/C31H31N3O3/c1-2-37-31(36)28-30(35)34(27-16-10-9-15-26(27)32-28)25-19-23-17-18-24(20-25)33(23)29(21-11-5-3-6-12-21)22-13-7-4-8-14-22/h3-16,23-25,29H,2,17-20H2,1H3/t23-,24+,25+. The van der Waals surface area contributed by atoms with Gasteiger partial charge in [-0.25, -0.2) is 9.78 Å². The molecule has 6 heteroatoms. The molecule has 0 unspecified atom stereocenters. The normalized spacial score (nSPS) is 21.4. The SMILES string of the molecule is CCOC(=O)c1nc2ccccc2n([C@H]2C[C@H]3CC[C@@H](C2)N3C(c2ccccc2)c2ccccc2)c1=O. The molecule has 0 spiro atoms. The zero-order valence-electron chi connectivity index (χ0n) is 21.0. The van der Waals surface area contributed by atoms with E-state index < -0.39 is 5.97 Å². The van der Waals surface area contributed by atoms with Gasteiger partial charge < -0.3 is 9.30 Å². The van der Waals surface area contributed by atoms with Crippen molar-refractivity contribution >= 4 is 17.0 Å². The summed E-state index contributed by atoms with van der Waals surface area (Å²) < 4.78 is 7.01. The van der Waals surface area contributed by atoms with E-state index in [-0.39, 0.29) is 29.9 Å². The van der Waals surface area contributed by atoms with Crippen LogP contribution in [-0.2, 0) is 4.74 Å². The van der Waals surface area contributed by atoms with Crippen molar-refractivity contribution in [2.24, 2.45) is 0 Å². The van der Waals surface area contributed by atoms with Crippen LogP contribution in [-0.4, -0.2) is 39.1 Å². The molecule has 3 aromatic carbocycles. The molecule has 3 atom stereocenters. The second kappa shape index (κ2) is 9.94. The quantitative estimate of drug-likeness (QED) is 0.331. The number of carbonyl (C=O) groups is 1. The van der Waals surface area contributed by atoms with E-state index in [1.54, 1.807) is 6.92 Å². The summed E-state index contributed by atoms with van der Waals surface area (Å²) in [6.45, 7) is 1.94. The van der Waals surface area contributed by atoms with Gasteiger partial charge in [0.1, 0.15) is 0 Å². The molecule has 3 heterocycles. The van der Waals surface area contributed by atoms with Gasteiger partial charge in [0, 0.05) is 18.1 Å². The number of nitrogens with zero attached hydrogens (tertiary/aromatic N) is 3. The van der Waals surface area contributed by atoms with E-state index in [4.69, 9.17) is 4.74 Å². The monoisotopic (exact) mass is 493 g/mol. The number of benzene rings is 3. The third kappa shape index (κ3) is 4.25. The third-order valence-corrected chi connectivity index (χ3v) is 7.92. The van der Waals surface area contributed by atoms with Gasteiger partial charge in [-0.1, -0.05) is 72.8 Å². The van der Waals surface area contributed by atoms with Gasteiger partial charge in [0.05, 0.1) is 23.7 Å². The minimum Gasteiger partial charge on any atom is -0.461 e. The first-order valence-corrected chi connectivity index (χ1v) is 13.2. The van der Waals surface area contributed by atoms with Crippen molar-refractivity contribution in [1.29, 1.82) is 0 Å². The van der Waals surface area contributed by atoms with Crippen LogP contribution in [0.3, 0.4) is 0 Å². The molecule has 37 heavy (non-hydrogen) atoms. The minimum absolute atomic E-state index is 0.00507. The van der Waals surface area contributed by atoms with Crippen molar-refractivity contribution in [3.05, 3.63) is 112 Å². The van der Waals surface area contributed by atoms with E-state index in [0.29, 0.717) is 17.6 Å². The molecule has 0 radical (unpaired) electrons. The summed E-state index contributed by atoms with van der Waals surface area (Å²) in [6, 6.07) is 29.9. The summed E-state index contributed by atoms with van der Waals surface area (Å²) in [7, 11) is 0. The Morgan fingerprint density at radius 2 is 1.43 bits per heavy atom. The van der Waals surface area contributed by atoms with Gasteiger partial charge in [0.15, 0.2) is 0 Å². The van der Waals surface area contributed by atoms with Crippen molar-refractivity contribution < 1.29 is 9.53 Å². The summed E-state index contributed by atoms with van der Waals surface area (Å²) in [5, 5.41) is 0. The number of rotatable bonds is 6. The van der Waals surface area contributed by atoms with Crippen molar-refractivity contribution in [2.75, 3.05) is 6.61 Å². The van der Waals surface area contributed by atoms with Crippen LogP contribution < -0.4 is 5.56 Å². The molecular formula is C31H31N3O3. The van der Waals surface area contributed by atoms with Crippen molar-refractivity contribution in [2.45, 2.75) is 56.8 Å². The van der Waals surface area contributed by atoms with Crippen molar-refractivity contribution in [1.82, 2.24) is 14.5 Å². The van der Waals surface area contributed by atoms with Gasteiger partial charge in [-0.3, -0.25) is 9.69 Å². The highest BCUT2D eigenvalue weighted by molar-refractivity contribution is 5.89. The first-order valence-electron chi connectivity index (χ1n) is 13.2. The van der Waals surface area contributed by atoms with Gasteiger partial charge in [-0.15, -0.1) is 0 Å². The van der Waals surface area contributed by atoms with Crippen LogP contribution in [0.4, 0.5) is 0 Å². The van der Waals surface area contributed by atoms with Gasteiger partial charge in [0.25, 0.3) is 5.56 Å². The van der Waals surface area contributed by atoms with Gasteiger partial charge in [-0.05, 0) is 55.9 Å². The maximum Gasteiger partial charge on any atom is 0.362 e. The number of esters is 1. The van der Waals surface area contributed by atoms with Crippen LogP contribution in [0, 0.1) is 0 Å². The molecule has 2 saturated heterocycles. The number of piperidine rings is 1. The summed E-state index contributed by atoms with van der Waals surface area (Å²) in [5.41, 5.74) is 3.53. The van der Waals surface area contributed by atoms with E-state index in [1.807, 2.05) is 28.8 Å². The number of hydrogen-bond donors (Lipinski definition) is 0. The summed E-state index contributed by atoms with van der Waals surface area (Å²) >= 11 is 0. The van der Waals surface area contributed by atoms with Crippen molar-refractivity contribution in [3.63, 3.8) is 0 Å². The fourth-order valence-corrected chi connectivity index (χ4v) is 6.47. The van der Waals surface area contributed by atoms with Gasteiger partial charge in [-0.2, -0.15) is 0 Å². The highest BCUT2D eigenvalue weighted by atomic mass is 16.5. The molecule has 0 amide bonds. The van der Waals surface area contributed by atoms with Crippen LogP contribution in [0.5, 0.6) is 0 Å². The fraction of sp³-hybridized carbons (Fsp3) is 0.323. The number of para-hydroxylation sites is 2. The molecule has 4 aromatic rings. The predicted molar refractivity (Wildman–Crippen MR) is 144 cm³/mol. The molecule has 188 valence electrons. The maximum absolute atomic E-state index is 13.7. The highest BCUT2D eigenvalue weighted by Crippen LogP contribution is 2.47. The lowest BCUT2D eigenvalue weighted by atomic mass is 9.89. The van der Waals surface area contributed by atoms with E-state index in [0.717, 1.165) is 31.2 Å². The first kappa shape index (κ1) is 23.6. The van der Waals surface area contributed by atoms with E-state index in [2.05, 4.69) is 70.5 Å². The Bertz CT molecular complexity index is 1410. The molecule has 1 aromatic heterocycles. The van der Waals surface area contributed by atoms with Crippen LogP contribution in [0.2, 0.25) is 0 Å². The number of carbonyl (C=O) groups excluding carboxylic acids is 1. The Morgan fingerprint density at radius 1 is 0.865 bits per heavy atom. The zero-order valence-corrected chi connectivity index (χ0v) is 21.0. The Balaban J connectivity index is 1.40. The smallest absolute Gasteiger partial charge is 0.362 e. The summed E-state index contributed by atoms with van der Waals surface area (Å²) in [4.78, 5) is 33.4. The third-order valence-electron chi connectivity index (χ3n) is 7.92. The van der Waals surface area contributed by atoms with Gasteiger partial charge in [0.2, 0.25) is 5.69 Å². The average Bonchev–Trinajstić information content (AvgIpc) is 3.17. The Morgan fingerprint density at radius 3 is 2.03 bits per heavy atom. The second-order valence-electron chi connectivity index (χ2n) is 10.0. The van der Waals surface area contributed by atoms with Crippen LogP contribution in [0.25, 0.3) is 11.0 Å². The summed E-state index contributed by atoms with van der Waals surface area (Å²) in [5.74, 6) is -0.652. The average molecular weight is 494 g/mol. The minimum atomic E-state index is -0.652. The highest BCUT2D eigenvalue weighted by Gasteiger charge is 2.45. The molecule has 2 aliphatic heterocycles. The molecule has 2 aliphatic rings. The number of aromatic nitrogens is 2. The van der Waals surface area contributed by atoms with E-state index >= 15 is 0 Å². The molecular weight excluding hydrogens is 462 g/mol. The van der Waals surface area contributed by atoms with E-state index in [1.165, 1.54) is 11.1 Å². The Kier molecular flexibility index (Phi) is 6.35. The molecule has 0 N–H and O–H groups in total. The molecule has 0 aliphatic carbocycles. The Labute approximate surface area is 216 Å². The van der Waals surface area contributed by atoms with Crippen LogP contribution in [0.1, 0.15) is 66.3 Å². The fourth-order valence-electron chi connectivity index (χ4n) is 6.47.